The van der Waals surface area contributed by atoms with Gasteiger partial charge in [0.25, 0.3) is 0 Å². The molecule has 0 aliphatic carbocycles. The number of allylic oxidation sites excluding steroid dienone is 1. The predicted molar refractivity (Wildman–Crippen MR) is 112 cm³/mol. The zero-order valence-electron chi connectivity index (χ0n) is 17.5. The third kappa shape index (κ3) is 2.92. The number of imidazole rings is 1. The Balaban J connectivity index is 2.09. The number of rotatable bonds is 5. The van der Waals surface area contributed by atoms with E-state index < -0.39 is 12.0 Å². The number of esters is 1. The Morgan fingerprint density at radius 2 is 1.83 bits per heavy atom. The van der Waals surface area contributed by atoms with E-state index in [4.69, 9.17) is 23.9 Å². The van der Waals surface area contributed by atoms with Gasteiger partial charge < -0.3 is 24.3 Å². The molecule has 0 saturated carbocycles. The third-order valence-electron chi connectivity index (χ3n) is 5.25. The van der Waals surface area contributed by atoms with Crippen molar-refractivity contribution in [2.75, 3.05) is 33.8 Å². The molecule has 0 radical (unpaired) electrons. The lowest BCUT2D eigenvalue weighted by Gasteiger charge is -2.31. The van der Waals surface area contributed by atoms with Crippen LogP contribution in [0.2, 0.25) is 0 Å². The van der Waals surface area contributed by atoms with Crippen molar-refractivity contribution in [1.29, 1.82) is 0 Å². The molecule has 1 N–H and O–H groups in total. The van der Waals surface area contributed by atoms with E-state index in [1.54, 1.807) is 27.4 Å². The van der Waals surface area contributed by atoms with Crippen LogP contribution in [-0.4, -0.2) is 44.0 Å². The van der Waals surface area contributed by atoms with Crippen LogP contribution < -0.4 is 19.5 Å². The summed E-state index contributed by atoms with van der Waals surface area (Å²) in [5.74, 6) is 1.75. The smallest absolute Gasteiger partial charge is 0.337 e. The van der Waals surface area contributed by atoms with Gasteiger partial charge in [-0.25, -0.2) is 9.78 Å². The number of methoxy groups -OCH3 is 4. The zero-order valence-corrected chi connectivity index (χ0v) is 17.5. The molecule has 0 spiro atoms. The fraction of sp³-hybridized carbons (Fsp3) is 0.273. The number of aromatic nitrogens is 2. The summed E-state index contributed by atoms with van der Waals surface area (Å²) >= 11 is 0. The van der Waals surface area contributed by atoms with Crippen LogP contribution in [0.4, 0.5) is 5.95 Å². The molecule has 0 fully saturated rings. The molecule has 30 heavy (non-hydrogen) atoms. The van der Waals surface area contributed by atoms with Crippen molar-refractivity contribution in [3.63, 3.8) is 0 Å². The van der Waals surface area contributed by atoms with Gasteiger partial charge in [-0.15, -0.1) is 0 Å². The first-order valence-electron chi connectivity index (χ1n) is 9.37. The summed E-state index contributed by atoms with van der Waals surface area (Å²) in [6.45, 7) is 1.83. The average molecular weight is 409 g/mol. The maximum absolute atomic E-state index is 12.9. The molecule has 0 amide bonds. The molecule has 4 rings (SSSR count). The van der Waals surface area contributed by atoms with Gasteiger partial charge in [0, 0.05) is 17.3 Å². The van der Waals surface area contributed by atoms with E-state index in [1.165, 1.54) is 7.11 Å². The summed E-state index contributed by atoms with van der Waals surface area (Å²) in [5.41, 5.74) is 3.46. The van der Waals surface area contributed by atoms with E-state index in [0.717, 1.165) is 11.0 Å². The quantitative estimate of drug-likeness (QED) is 0.646. The summed E-state index contributed by atoms with van der Waals surface area (Å²) in [6, 6.07) is 10.8. The number of anilines is 1. The molecular weight excluding hydrogens is 386 g/mol. The van der Waals surface area contributed by atoms with Crippen LogP contribution in [0, 0.1) is 0 Å². The van der Waals surface area contributed by atoms with Gasteiger partial charge in [0.1, 0.15) is 11.8 Å². The number of hydrogen-bond donors (Lipinski definition) is 1. The fourth-order valence-electron chi connectivity index (χ4n) is 3.92. The summed E-state index contributed by atoms with van der Waals surface area (Å²) in [4.78, 5) is 17.6. The first-order valence-corrected chi connectivity index (χ1v) is 9.37. The van der Waals surface area contributed by atoms with Crippen LogP contribution in [-0.2, 0) is 9.53 Å². The molecule has 156 valence electrons. The molecule has 0 unspecified atom stereocenters. The van der Waals surface area contributed by atoms with E-state index in [0.29, 0.717) is 40.0 Å². The van der Waals surface area contributed by atoms with Crippen molar-refractivity contribution in [1.82, 2.24) is 9.55 Å². The lowest BCUT2D eigenvalue weighted by molar-refractivity contribution is -0.136. The van der Waals surface area contributed by atoms with Crippen molar-refractivity contribution >= 4 is 23.0 Å². The normalized spacial score (nSPS) is 15.4. The highest BCUT2D eigenvalue weighted by molar-refractivity contribution is 5.94. The minimum Gasteiger partial charge on any atom is -0.497 e. The molecule has 1 aliphatic rings. The topological polar surface area (TPSA) is 83.8 Å². The maximum atomic E-state index is 12.9. The van der Waals surface area contributed by atoms with E-state index >= 15 is 0 Å². The number of hydrogen-bond acceptors (Lipinski definition) is 7. The summed E-state index contributed by atoms with van der Waals surface area (Å²) in [5, 5.41) is 3.24. The molecule has 8 heteroatoms. The standard InChI is InChI=1S/C22H23N3O5/c1-12-18(21(26)30-5)19(14-10-13(27-2)11-17(28-3)20(14)29-4)25-16-9-7-6-8-15(16)24-22(25)23-12/h6-11,19H,1-5H3,(H,23,24)/t19-/m1/s1. The number of carbonyl (C=O) groups is 1. The van der Waals surface area contributed by atoms with Crippen molar-refractivity contribution in [2.45, 2.75) is 13.0 Å². The molecule has 2 heterocycles. The molecule has 1 atom stereocenters. The Hall–Kier alpha value is -3.68. The predicted octanol–water partition coefficient (Wildman–Crippen LogP) is 3.52. The van der Waals surface area contributed by atoms with Crippen molar-refractivity contribution in [3.8, 4) is 17.2 Å². The van der Waals surface area contributed by atoms with E-state index in [1.807, 2.05) is 41.8 Å². The molecule has 0 bridgehead atoms. The SMILES string of the molecule is COC(=O)C1=C(C)Nc2nc3ccccc3n2[C@@H]1c1cc(OC)cc(OC)c1OC. The molecule has 3 aromatic rings. The largest absolute Gasteiger partial charge is 0.497 e. The van der Waals surface area contributed by atoms with Gasteiger partial charge in [-0.2, -0.15) is 0 Å². The van der Waals surface area contributed by atoms with Gasteiger partial charge in [0.05, 0.1) is 45.0 Å². The Bertz CT molecular complexity index is 1170. The molecule has 0 saturated heterocycles. The summed E-state index contributed by atoms with van der Waals surface area (Å²) in [6.07, 6.45) is 0. The molecule has 1 aliphatic heterocycles. The number of ether oxygens (including phenoxy) is 4. The summed E-state index contributed by atoms with van der Waals surface area (Å²) in [7, 11) is 6.07. The van der Waals surface area contributed by atoms with Gasteiger partial charge in [-0.1, -0.05) is 12.1 Å². The minimum atomic E-state index is -0.569. The number of carbonyl (C=O) groups excluding carboxylic acids is 1. The first-order chi connectivity index (χ1) is 14.5. The lowest BCUT2D eigenvalue weighted by atomic mass is 9.93. The summed E-state index contributed by atoms with van der Waals surface area (Å²) < 4.78 is 23.8. The molecule has 8 nitrogen and oxygen atoms in total. The fourth-order valence-corrected chi connectivity index (χ4v) is 3.92. The molecule has 2 aromatic carbocycles. The van der Waals surface area contributed by atoms with E-state index in [2.05, 4.69) is 5.32 Å². The monoisotopic (exact) mass is 409 g/mol. The third-order valence-corrected chi connectivity index (χ3v) is 5.25. The molecule has 1 aromatic heterocycles. The Labute approximate surface area is 174 Å². The second-order valence-corrected chi connectivity index (χ2v) is 6.80. The number of nitrogens with zero attached hydrogens (tertiary/aromatic N) is 2. The number of nitrogens with one attached hydrogen (secondary N) is 1. The highest BCUT2D eigenvalue weighted by Crippen LogP contribution is 2.46. The van der Waals surface area contributed by atoms with Gasteiger partial charge in [-0.05, 0) is 25.1 Å². The van der Waals surface area contributed by atoms with Gasteiger partial charge in [-0.3, -0.25) is 4.57 Å². The van der Waals surface area contributed by atoms with Gasteiger partial charge in [0.2, 0.25) is 5.95 Å². The van der Waals surface area contributed by atoms with Crippen molar-refractivity contribution < 1.29 is 23.7 Å². The first kappa shape index (κ1) is 19.6. The Morgan fingerprint density at radius 3 is 2.50 bits per heavy atom. The van der Waals surface area contributed by atoms with Crippen molar-refractivity contribution in [3.05, 3.63) is 53.2 Å². The van der Waals surface area contributed by atoms with Crippen molar-refractivity contribution in [2.24, 2.45) is 0 Å². The number of para-hydroxylation sites is 2. The highest BCUT2D eigenvalue weighted by atomic mass is 16.5. The lowest BCUT2D eigenvalue weighted by Crippen LogP contribution is -2.29. The van der Waals surface area contributed by atoms with Crippen LogP contribution in [0.3, 0.4) is 0 Å². The maximum Gasteiger partial charge on any atom is 0.337 e. The second-order valence-electron chi connectivity index (χ2n) is 6.80. The number of benzene rings is 2. The van der Waals surface area contributed by atoms with Crippen LogP contribution in [0.25, 0.3) is 11.0 Å². The van der Waals surface area contributed by atoms with Crippen LogP contribution in [0.5, 0.6) is 17.2 Å². The van der Waals surface area contributed by atoms with E-state index in [9.17, 15) is 4.79 Å². The number of fused-ring (bicyclic) bond motifs is 3. The van der Waals surface area contributed by atoms with E-state index in [-0.39, 0.29) is 0 Å². The van der Waals surface area contributed by atoms with Crippen LogP contribution in [0.1, 0.15) is 18.5 Å². The molecular formula is C22H23N3O5. The van der Waals surface area contributed by atoms with Crippen LogP contribution >= 0.6 is 0 Å². The Kier molecular flexibility index (Phi) is 4.99. The van der Waals surface area contributed by atoms with Crippen LogP contribution in [0.15, 0.2) is 47.7 Å². The highest BCUT2D eigenvalue weighted by Gasteiger charge is 2.37. The average Bonchev–Trinajstić information content (AvgIpc) is 3.14. The van der Waals surface area contributed by atoms with Gasteiger partial charge in [0.15, 0.2) is 11.5 Å². The second kappa shape index (κ2) is 7.62. The zero-order chi connectivity index (χ0) is 21.4. The van der Waals surface area contributed by atoms with Gasteiger partial charge >= 0.3 is 5.97 Å². The minimum absolute atomic E-state index is 0.446. The Morgan fingerprint density at radius 1 is 1.07 bits per heavy atom.